The number of benzene rings is 1. The summed E-state index contributed by atoms with van der Waals surface area (Å²) in [6.07, 6.45) is 3.57. The summed E-state index contributed by atoms with van der Waals surface area (Å²) >= 11 is 0. The maximum Gasteiger partial charge on any atom is 0.325 e. The van der Waals surface area contributed by atoms with Crippen LogP contribution in [0, 0.1) is 6.92 Å². The number of hydrogen-bond donors (Lipinski definition) is 3. The molecule has 1 heterocycles. The lowest BCUT2D eigenvalue weighted by atomic mass is 10.1. The average Bonchev–Trinajstić information content (AvgIpc) is 2.58. The van der Waals surface area contributed by atoms with Crippen molar-refractivity contribution in [2.75, 3.05) is 19.7 Å². The molecule has 0 spiro atoms. The Morgan fingerprint density at radius 3 is 2.56 bits per heavy atom. The second-order valence-electron chi connectivity index (χ2n) is 5.56. The van der Waals surface area contributed by atoms with Crippen molar-refractivity contribution < 1.29 is 9.90 Å². The fourth-order valence-electron chi connectivity index (χ4n) is 2.42. The predicted molar refractivity (Wildman–Crippen MR) is 95.3 cm³/mol. The summed E-state index contributed by atoms with van der Waals surface area (Å²) < 4.78 is 0. The zero-order valence-corrected chi connectivity index (χ0v) is 14.0. The number of carbonyl (C=O) groups is 1. The molecule has 2 rings (SSSR count). The van der Waals surface area contributed by atoms with E-state index in [4.69, 9.17) is 0 Å². The molecule has 3 N–H and O–H groups in total. The minimum Gasteiger partial charge on any atom is -0.395 e. The maximum atomic E-state index is 12.5. The van der Waals surface area contributed by atoms with Crippen molar-refractivity contribution in [1.82, 2.24) is 14.9 Å². The fraction of sp³-hybridized carbons (Fsp3) is 0.278. The summed E-state index contributed by atoms with van der Waals surface area (Å²) in [5, 5.41) is 9.18. The highest BCUT2D eigenvalue weighted by molar-refractivity contribution is 5.79. The number of aromatic nitrogens is 2. The summed E-state index contributed by atoms with van der Waals surface area (Å²) in [7, 11) is 0. The van der Waals surface area contributed by atoms with Gasteiger partial charge in [0.2, 0.25) is 5.91 Å². The Balaban J connectivity index is 2.09. The van der Waals surface area contributed by atoms with Crippen LogP contribution in [0.2, 0.25) is 0 Å². The number of amides is 1. The lowest BCUT2D eigenvalue weighted by molar-refractivity contribution is -0.130. The number of aliphatic hydroxyl groups is 1. The SMILES string of the molecule is Cc1[nH]c(=O)[nH]c(=O)c1CC(=O)N(C/C=C/c1ccccc1)CCO. The maximum absolute atomic E-state index is 12.5. The first-order valence-electron chi connectivity index (χ1n) is 7.93. The minimum absolute atomic E-state index is 0.142. The van der Waals surface area contributed by atoms with Crippen LogP contribution in [0.15, 0.2) is 46.0 Å². The second kappa shape index (κ2) is 8.79. The van der Waals surface area contributed by atoms with Gasteiger partial charge in [-0.15, -0.1) is 0 Å². The van der Waals surface area contributed by atoms with Gasteiger partial charge >= 0.3 is 5.69 Å². The standard InChI is InChI=1S/C18H21N3O4/c1-13-15(17(24)20-18(25)19-13)12-16(23)21(10-11-22)9-5-8-14-6-3-2-4-7-14/h2-8,22H,9-12H2,1H3,(H2,19,20,24,25)/b8-5+. The van der Waals surface area contributed by atoms with Gasteiger partial charge < -0.3 is 15.0 Å². The van der Waals surface area contributed by atoms with Crippen molar-refractivity contribution in [3.8, 4) is 0 Å². The van der Waals surface area contributed by atoms with Crippen molar-refractivity contribution in [2.24, 2.45) is 0 Å². The van der Waals surface area contributed by atoms with Crippen LogP contribution in [0.4, 0.5) is 0 Å². The quantitative estimate of drug-likeness (QED) is 0.678. The van der Waals surface area contributed by atoms with Crippen LogP contribution in [0.25, 0.3) is 6.08 Å². The third-order valence-electron chi connectivity index (χ3n) is 3.74. The molecule has 0 radical (unpaired) electrons. The smallest absolute Gasteiger partial charge is 0.325 e. The van der Waals surface area contributed by atoms with Crippen LogP contribution in [0.3, 0.4) is 0 Å². The Bertz CT molecular complexity index is 853. The molecule has 0 aliphatic heterocycles. The summed E-state index contributed by atoms with van der Waals surface area (Å²) in [6, 6.07) is 9.64. The first-order valence-corrected chi connectivity index (χ1v) is 7.93. The molecule has 0 saturated heterocycles. The van der Waals surface area contributed by atoms with Crippen LogP contribution in [0.5, 0.6) is 0 Å². The molecule has 132 valence electrons. The Labute approximate surface area is 144 Å². The molecular weight excluding hydrogens is 322 g/mol. The Hall–Kier alpha value is -2.93. The topological polar surface area (TPSA) is 106 Å². The number of carbonyl (C=O) groups excluding carboxylic acids is 1. The zero-order valence-electron chi connectivity index (χ0n) is 14.0. The van der Waals surface area contributed by atoms with E-state index in [1.54, 1.807) is 6.92 Å². The van der Waals surface area contributed by atoms with Crippen LogP contribution in [-0.4, -0.2) is 45.6 Å². The molecule has 1 aromatic heterocycles. The third kappa shape index (κ3) is 5.29. The first kappa shape index (κ1) is 18.4. The van der Waals surface area contributed by atoms with Crippen molar-refractivity contribution in [3.05, 3.63) is 74.1 Å². The Morgan fingerprint density at radius 2 is 1.92 bits per heavy atom. The summed E-state index contributed by atoms with van der Waals surface area (Å²) in [4.78, 5) is 41.6. The fourth-order valence-corrected chi connectivity index (χ4v) is 2.42. The zero-order chi connectivity index (χ0) is 18.2. The van der Waals surface area contributed by atoms with Crippen molar-refractivity contribution in [2.45, 2.75) is 13.3 Å². The molecule has 0 aliphatic carbocycles. The third-order valence-corrected chi connectivity index (χ3v) is 3.74. The van der Waals surface area contributed by atoms with Gasteiger partial charge in [0.1, 0.15) is 0 Å². The summed E-state index contributed by atoms with van der Waals surface area (Å²) in [6.45, 7) is 1.88. The van der Waals surface area contributed by atoms with Crippen LogP contribution < -0.4 is 11.2 Å². The van der Waals surface area contributed by atoms with Gasteiger partial charge in [-0.2, -0.15) is 0 Å². The first-order chi connectivity index (χ1) is 12.0. The predicted octanol–water partition coefficient (Wildman–Crippen LogP) is 0.448. The summed E-state index contributed by atoms with van der Waals surface area (Å²) in [5.74, 6) is -0.299. The molecule has 0 atom stereocenters. The van der Waals surface area contributed by atoms with E-state index < -0.39 is 11.2 Å². The number of hydrogen-bond acceptors (Lipinski definition) is 4. The number of aliphatic hydroxyl groups excluding tert-OH is 1. The van der Waals surface area contributed by atoms with E-state index >= 15 is 0 Å². The number of nitrogens with zero attached hydrogens (tertiary/aromatic N) is 1. The molecule has 0 bridgehead atoms. The van der Waals surface area contributed by atoms with E-state index in [0.717, 1.165) is 5.56 Å². The van der Waals surface area contributed by atoms with Gasteiger partial charge in [-0.25, -0.2) is 4.79 Å². The molecule has 7 heteroatoms. The van der Waals surface area contributed by atoms with Gasteiger partial charge in [0, 0.05) is 24.3 Å². The summed E-state index contributed by atoms with van der Waals surface area (Å²) in [5.41, 5.74) is 0.423. The van der Waals surface area contributed by atoms with Crippen molar-refractivity contribution in [3.63, 3.8) is 0 Å². The normalized spacial score (nSPS) is 11.0. The molecule has 0 fully saturated rings. The second-order valence-corrected chi connectivity index (χ2v) is 5.56. The van der Waals surface area contributed by atoms with E-state index in [0.29, 0.717) is 12.2 Å². The molecule has 7 nitrogen and oxygen atoms in total. The highest BCUT2D eigenvalue weighted by atomic mass is 16.3. The number of H-pyrrole nitrogens is 2. The van der Waals surface area contributed by atoms with Gasteiger partial charge in [-0.3, -0.25) is 14.6 Å². The molecule has 1 amide bonds. The minimum atomic E-state index is -0.600. The van der Waals surface area contributed by atoms with E-state index in [-0.39, 0.29) is 31.0 Å². The molecule has 0 aliphatic rings. The van der Waals surface area contributed by atoms with E-state index in [9.17, 15) is 19.5 Å². The highest BCUT2D eigenvalue weighted by Crippen LogP contribution is 2.04. The molecular formula is C18H21N3O4. The van der Waals surface area contributed by atoms with Crippen molar-refractivity contribution >= 4 is 12.0 Å². The molecule has 2 aromatic rings. The molecule has 0 unspecified atom stereocenters. The highest BCUT2D eigenvalue weighted by Gasteiger charge is 2.16. The number of rotatable bonds is 7. The van der Waals surface area contributed by atoms with Gasteiger partial charge in [0.05, 0.1) is 13.0 Å². The number of nitrogens with one attached hydrogen (secondary N) is 2. The largest absolute Gasteiger partial charge is 0.395 e. The molecule has 25 heavy (non-hydrogen) atoms. The molecule has 1 aromatic carbocycles. The average molecular weight is 343 g/mol. The van der Waals surface area contributed by atoms with Crippen LogP contribution in [-0.2, 0) is 11.2 Å². The van der Waals surface area contributed by atoms with E-state index in [1.807, 2.05) is 42.5 Å². The van der Waals surface area contributed by atoms with E-state index in [1.165, 1.54) is 4.90 Å². The van der Waals surface area contributed by atoms with E-state index in [2.05, 4.69) is 9.97 Å². The lowest BCUT2D eigenvalue weighted by Crippen LogP contribution is -2.37. The van der Waals surface area contributed by atoms with Gasteiger partial charge in [-0.1, -0.05) is 42.5 Å². The van der Waals surface area contributed by atoms with Gasteiger partial charge in [0.15, 0.2) is 0 Å². The molecule has 0 saturated carbocycles. The van der Waals surface area contributed by atoms with Crippen LogP contribution in [0.1, 0.15) is 16.8 Å². The Morgan fingerprint density at radius 1 is 1.20 bits per heavy atom. The van der Waals surface area contributed by atoms with Crippen LogP contribution >= 0.6 is 0 Å². The van der Waals surface area contributed by atoms with Gasteiger partial charge in [-0.05, 0) is 12.5 Å². The number of aromatic amines is 2. The van der Waals surface area contributed by atoms with Gasteiger partial charge in [0.25, 0.3) is 5.56 Å². The Kier molecular flexibility index (Phi) is 6.47. The monoisotopic (exact) mass is 343 g/mol. The lowest BCUT2D eigenvalue weighted by Gasteiger charge is -2.20. The number of aryl methyl sites for hydroxylation is 1. The van der Waals surface area contributed by atoms with Crippen molar-refractivity contribution in [1.29, 1.82) is 0 Å².